The van der Waals surface area contributed by atoms with E-state index in [1.54, 1.807) is 6.92 Å². The number of hydrogen-bond donors (Lipinski definition) is 1. The Labute approximate surface area is 121 Å². The zero-order chi connectivity index (χ0) is 13.2. The molecule has 0 spiro atoms. The zero-order valence-corrected chi connectivity index (χ0v) is 13.3. The van der Waals surface area contributed by atoms with Crippen molar-refractivity contribution in [3.8, 4) is 0 Å². The van der Waals surface area contributed by atoms with Gasteiger partial charge < -0.3 is 4.74 Å². The fourth-order valence-corrected chi connectivity index (χ4v) is 3.58. The highest BCUT2D eigenvalue weighted by Gasteiger charge is 2.19. The number of carbonyl (C=O) groups excluding carboxylic acids is 1. The van der Waals surface area contributed by atoms with E-state index >= 15 is 0 Å². The third-order valence-corrected chi connectivity index (χ3v) is 5.64. The van der Waals surface area contributed by atoms with Gasteiger partial charge >= 0.3 is 5.97 Å². The Balaban J connectivity index is 3.39. The smallest absolute Gasteiger partial charge is 0.338 e. The molecule has 8 heteroatoms. The van der Waals surface area contributed by atoms with Crippen LogP contribution in [0.5, 0.6) is 0 Å². The molecule has 17 heavy (non-hydrogen) atoms. The highest BCUT2D eigenvalue weighted by atomic mass is 127. The van der Waals surface area contributed by atoms with Crippen molar-refractivity contribution in [2.45, 2.75) is 11.8 Å². The van der Waals surface area contributed by atoms with Crippen molar-refractivity contribution in [2.24, 2.45) is 5.14 Å². The Kier molecular flexibility index (Phi) is 4.93. The van der Waals surface area contributed by atoms with Gasteiger partial charge in [0.15, 0.2) is 0 Å². The van der Waals surface area contributed by atoms with Crippen molar-refractivity contribution < 1.29 is 17.9 Å². The molecule has 0 radical (unpaired) electrons. The lowest BCUT2D eigenvalue weighted by molar-refractivity contribution is 0.0526. The molecule has 0 bridgehead atoms. The molecule has 0 saturated heterocycles. The van der Waals surface area contributed by atoms with Crippen LogP contribution in [0.2, 0.25) is 0 Å². The van der Waals surface area contributed by atoms with E-state index in [9.17, 15) is 13.2 Å². The summed E-state index contributed by atoms with van der Waals surface area (Å²) < 4.78 is 28.4. The summed E-state index contributed by atoms with van der Waals surface area (Å²) >= 11 is 5.01. The second kappa shape index (κ2) is 5.63. The van der Waals surface area contributed by atoms with Crippen LogP contribution >= 0.6 is 38.5 Å². The molecule has 0 fully saturated rings. The molecular formula is C9H9BrINO4S. The van der Waals surface area contributed by atoms with Crippen LogP contribution in [0.1, 0.15) is 17.3 Å². The summed E-state index contributed by atoms with van der Waals surface area (Å²) in [6.45, 7) is 1.88. The number of rotatable bonds is 3. The fraction of sp³-hybridized carbons (Fsp3) is 0.222. The highest BCUT2D eigenvalue weighted by Crippen LogP contribution is 2.27. The largest absolute Gasteiger partial charge is 0.462 e. The molecule has 0 atom stereocenters. The molecule has 1 aromatic rings. The molecule has 0 unspecified atom stereocenters. The van der Waals surface area contributed by atoms with Crippen LogP contribution < -0.4 is 5.14 Å². The maximum Gasteiger partial charge on any atom is 0.338 e. The maximum absolute atomic E-state index is 11.5. The molecule has 0 amide bonds. The minimum Gasteiger partial charge on any atom is -0.462 e. The van der Waals surface area contributed by atoms with Gasteiger partial charge in [-0.15, -0.1) is 0 Å². The molecule has 0 aliphatic rings. The fourth-order valence-electron chi connectivity index (χ4n) is 1.10. The Bertz CT molecular complexity index is 558. The molecule has 5 nitrogen and oxygen atoms in total. The first kappa shape index (κ1) is 14.9. The molecule has 0 aliphatic carbocycles. The van der Waals surface area contributed by atoms with Crippen molar-refractivity contribution in [1.29, 1.82) is 0 Å². The van der Waals surface area contributed by atoms with Gasteiger partial charge in [-0.05, 0) is 57.6 Å². The van der Waals surface area contributed by atoms with Crippen LogP contribution in [0.4, 0.5) is 0 Å². The summed E-state index contributed by atoms with van der Waals surface area (Å²) in [6.07, 6.45) is 0. The van der Waals surface area contributed by atoms with E-state index in [2.05, 4.69) is 15.9 Å². The number of primary sulfonamides is 1. The molecular weight excluding hydrogens is 425 g/mol. The molecule has 0 aliphatic heterocycles. The van der Waals surface area contributed by atoms with Gasteiger partial charge in [0.1, 0.15) is 0 Å². The topological polar surface area (TPSA) is 86.5 Å². The Morgan fingerprint density at radius 2 is 2.12 bits per heavy atom. The standard InChI is InChI=1S/C9H9BrINO4S/c1-2-16-9(13)5-3-6(10)8(11)7(4-5)17(12,14)15/h3-4H,2H2,1H3,(H2,12,14,15). The van der Waals surface area contributed by atoms with E-state index in [1.807, 2.05) is 22.6 Å². The lowest BCUT2D eigenvalue weighted by Crippen LogP contribution is -2.15. The lowest BCUT2D eigenvalue weighted by Gasteiger charge is -2.08. The van der Waals surface area contributed by atoms with Gasteiger partial charge in [-0.3, -0.25) is 0 Å². The first-order valence-electron chi connectivity index (χ1n) is 4.46. The molecule has 0 heterocycles. The van der Waals surface area contributed by atoms with E-state index in [4.69, 9.17) is 9.88 Å². The van der Waals surface area contributed by atoms with Crippen molar-refractivity contribution in [3.05, 3.63) is 25.7 Å². The predicted molar refractivity (Wildman–Crippen MR) is 74.2 cm³/mol. The Morgan fingerprint density at radius 1 is 1.53 bits per heavy atom. The van der Waals surface area contributed by atoms with Crippen molar-refractivity contribution >= 4 is 54.5 Å². The zero-order valence-electron chi connectivity index (χ0n) is 8.74. The molecule has 2 N–H and O–H groups in total. The van der Waals surface area contributed by atoms with E-state index in [0.717, 1.165) is 0 Å². The van der Waals surface area contributed by atoms with E-state index in [0.29, 0.717) is 8.04 Å². The van der Waals surface area contributed by atoms with Gasteiger partial charge in [-0.1, -0.05) is 0 Å². The number of carbonyl (C=O) groups is 1. The lowest BCUT2D eigenvalue weighted by atomic mass is 10.2. The summed E-state index contributed by atoms with van der Waals surface area (Å²) in [5.74, 6) is -0.588. The first-order chi connectivity index (χ1) is 7.77. The summed E-state index contributed by atoms with van der Waals surface area (Å²) in [7, 11) is -3.87. The first-order valence-corrected chi connectivity index (χ1v) is 7.88. The van der Waals surface area contributed by atoms with Gasteiger partial charge in [0, 0.05) is 8.04 Å². The number of esters is 1. The quantitative estimate of drug-likeness (QED) is 0.582. The number of halogens is 2. The SMILES string of the molecule is CCOC(=O)c1cc(Br)c(I)c(S(N)(=O)=O)c1. The second-order valence-electron chi connectivity index (χ2n) is 3.04. The average molecular weight is 434 g/mol. The minimum atomic E-state index is -3.87. The van der Waals surface area contributed by atoms with Crippen LogP contribution in [0, 0.1) is 3.57 Å². The van der Waals surface area contributed by atoms with Crippen LogP contribution in [0.3, 0.4) is 0 Å². The summed E-state index contributed by atoms with van der Waals surface area (Å²) in [5.41, 5.74) is 0.142. The molecule has 0 saturated carbocycles. The summed E-state index contributed by atoms with van der Waals surface area (Å²) in [4.78, 5) is 11.4. The van der Waals surface area contributed by atoms with Crippen LogP contribution in [-0.2, 0) is 14.8 Å². The monoisotopic (exact) mass is 433 g/mol. The van der Waals surface area contributed by atoms with Gasteiger partial charge in [0.25, 0.3) is 0 Å². The van der Waals surface area contributed by atoms with Crippen LogP contribution in [0.25, 0.3) is 0 Å². The van der Waals surface area contributed by atoms with Gasteiger partial charge in [0.05, 0.1) is 17.1 Å². The molecule has 0 aromatic heterocycles. The van der Waals surface area contributed by atoms with Crippen molar-refractivity contribution in [1.82, 2.24) is 0 Å². The minimum absolute atomic E-state index is 0.101. The third-order valence-electron chi connectivity index (χ3n) is 1.81. The number of ether oxygens (including phenoxy) is 1. The normalized spacial score (nSPS) is 11.3. The molecule has 1 rings (SSSR count). The van der Waals surface area contributed by atoms with E-state index in [-0.39, 0.29) is 17.1 Å². The van der Waals surface area contributed by atoms with Crippen LogP contribution in [-0.4, -0.2) is 21.0 Å². The van der Waals surface area contributed by atoms with Gasteiger partial charge in [0.2, 0.25) is 10.0 Å². The van der Waals surface area contributed by atoms with Gasteiger partial charge in [-0.2, -0.15) is 0 Å². The highest BCUT2D eigenvalue weighted by molar-refractivity contribution is 14.1. The van der Waals surface area contributed by atoms with Crippen LogP contribution in [0.15, 0.2) is 21.5 Å². The van der Waals surface area contributed by atoms with Crippen molar-refractivity contribution in [2.75, 3.05) is 6.61 Å². The summed E-state index contributed by atoms with van der Waals surface area (Å²) in [6, 6.07) is 2.70. The third kappa shape index (κ3) is 3.63. The Morgan fingerprint density at radius 3 is 2.59 bits per heavy atom. The second-order valence-corrected chi connectivity index (χ2v) is 6.50. The number of hydrogen-bond acceptors (Lipinski definition) is 4. The van der Waals surface area contributed by atoms with E-state index in [1.165, 1.54) is 12.1 Å². The number of sulfonamides is 1. The van der Waals surface area contributed by atoms with Crippen molar-refractivity contribution in [3.63, 3.8) is 0 Å². The molecule has 1 aromatic carbocycles. The van der Waals surface area contributed by atoms with E-state index < -0.39 is 16.0 Å². The maximum atomic E-state index is 11.5. The Hall–Kier alpha value is -0.190. The molecule has 94 valence electrons. The van der Waals surface area contributed by atoms with Gasteiger partial charge in [-0.25, -0.2) is 18.4 Å². The predicted octanol–water partition coefficient (Wildman–Crippen LogP) is 1.88. The average Bonchev–Trinajstić information content (AvgIpc) is 2.20. The summed E-state index contributed by atoms with van der Waals surface area (Å²) in [5, 5.41) is 5.06. The number of benzene rings is 1. The number of nitrogens with two attached hydrogens (primary N) is 1.